The molecule has 1 amide bonds. The van der Waals surface area contributed by atoms with Gasteiger partial charge in [0, 0.05) is 12.8 Å². The zero-order valence-electron chi connectivity index (χ0n) is 20.1. The smallest absolute Gasteiger partial charge is 0.235 e. The number of ether oxygens (including phenoxy) is 1. The molecule has 190 valence electrons. The molecule has 2 aromatic carbocycles. The quantitative estimate of drug-likeness (QED) is 0.289. The van der Waals surface area contributed by atoms with E-state index in [1.54, 1.807) is 18.2 Å². The highest BCUT2D eigenvalue weighted by Crippen LogP contribution is 2.26. The molecule has 0 bridgehead atoms. The van der Waals surface area contributed by atoms with Gasteiger partial charge in [-0.2, -0.15) is 5.26 Å². The van der Waals surface area contributed by atoms with Gasteiger partial charge in [-0.1, -0.05) is 44.2 Å². The van der Waals surface area contributed by atoms with E-state index >= 15 is 0 Å². The predicted molar refractivity (Wildman–Crippen MR) is 135 cm³/mol. The lowest BCUT2D eigenvalue weighted by Gasteiger charge is -2.25. The molecule has 2 aromatic rings. The van der Waals surface area contributed by atoms with Crippen molar-refractivity contribution in [3.63, 3.8) is 0 Å². The van der Waals surface area contributed by atoms with Crippen LogP contribution in [0.1, 0.15) is 37.8 Å². The van der Waals surface area contributed by atoms with Crippen LogP contribution in [0, 0.1) is 17.2 Å². The fourth-order valence-electron chi connectivity index (χ4n) is 3.61. The van der Waals surface area contributed by atoms with Gasteiger partial charge in [0.2, 0.25) is 15.9 Å². The summed E-state index contributed by atoms with van der Waals surface area (Å²) in [5.41, 5.74) is 7.42. The summed E-state index contributed by atoms with van der Waals surface area (Å²) in [5, 5.41) is 22.3. The van der Waals surface area contributed by atoms with Gasteiger partial charge in [0.1, 0.15) is 12.5 Å². The van der Waals surface area contributed by atoms with Crippen LogP contribution >= 0.6 is 0 Å². The molecular formula is C25H34N4O5S. The molecule has 10 heteroatoms. The summed E-state index contributed by atoms with van der Waals surface area (Å²) in [6, 6.07) is 15.2. The standard InChI is InChI=1S/C25H34N4O5S/c1-18(2)13-20-15-21(34-17-27)10-11-22(20)29-35(32,33)16-24(30)23(28-25(31)9-6-12-26)14-19-7-4-3-5-8-19/h3-5,7-8,10-11,15,18,23-24,29-30H,6,9,13-14,16-17,27H2,1-2H3,(H,28,31)/t23-,24-/m0/s1. The fourth-order valence-corrected chi connectivity index (χ4v) is 4.91. The number of aliphatic hydroxyl groups is 1. The lowest BCUT2D eigenvalue weighted by atomic mass is 10.0. The molecule has 0 aliphatic carbocycles. The maximum atomic E-state index is 13.0. The number of rotatable bonds is 14. The van der Waals surface area contributed by atoms with E-state index in [0.29, 0.717) is 17.9 Å². The molecule has 5 N–H and O–H groups in total. The van der Waals surface area contributed by atoms with Crippen molar-refractivity contribution >= 4 is 21.6 Å². The summed E-state index contributed by atoms with van der Waals surface area (Å²) >= 11 is 0. The molecule has 0 radical (unpaired) electrons. The first-order valence-corrected chi connectivity index (χ1v) is 13.1. The minimum Gasteiger partial charge on any atom is -0.479 e. The number of hydrogen-bond acceptors (Lipinski definition) is 7. The van der Waals surface area contributed by atoms with Crippen LogP contribution in [0.2, 0.25) is 0 Å². The number of aliphatic hydroxyl groups excluding tert-OH is 1. The Labute approximate surface area is 207 Å². The Morgan fingerprint density at radius 3 is 2.51 bits per heavy atom. The minimum atomic E-state index is -3.98. The number of nitrogens with one attached hydrogen (secondary N) is 2. The average molecular weight is 503 g/mol. The lowest BCUT2D eigenvalue weighted by Crippen LogP contribution is -2.48. The second-order valence-corrected chi connectivity index (χ2v) is 10.5. The van der Waals surface area contributed by atoms with E-state index in [4.69, 9.17) is 15.7 Å². The third kappa shape index (κ3) is 9.94. The topological polar surface area (TPSA) is 155 Å². The highest BCUT2D eigenvalue weighted by Gasteiger charge is 2.27. The van der Waals surface area contributed by atoms with Gasteiger partial charge in [-0.25, -0.2) is 8.42 Å². The maximum absolute atomic E-state index is 13.0. The van der Waals surface area contributed by atoms with Crippen LogP contribution in [0.3, 0.4) is 0 Å². The molecule has 0 aromatic heterocycles. The van der Waals surface area contributed by atoms with Crippen molar-refractivity contribution in [3.05, 3.63) is 59.7 Å². The molecular weight excluding hydrogens is 468 g/mol. The predicted octanol–water partition coefficient (Wildman–Crippen LogP) is 2.31. The van der Waals surface area contributed by atoms with Crippen molar-refractivity contribution in [3.8, 4) is 11.8 Å². The number of nitriles is 1. The number of amides is 1. The van der Waals surface area contributed by atoms with Gasteiger partial charge in [-0.15, -0.1) is 0 Å². The van der Waals surface area contributed by atoms with Crippen molar-refractivity contribution in [2.45, 2.75) is 51.7 Å². The van der Waals surface area contributed by atoms with Gasteiger partial charge in [0.25, 0.3) is 0 Å². The summed E-state index contributed by atoms with van der Waals surface area (Å²) in [5.74, 6) is -0.248. The van der Waals surface area contributed by atoms with Gasteiger partial charge in [-0.05, 0) is 48.1 Å². The van der Waals surface area contributed by atoms with Crippen molar-refractivity contribution in [1.82, 2.24) is 5.32 Å². The SMILES string of the molecule is CC(C)Cc1cc(OCN)ccc1NS(=O)(=O)C[C@H](O)[C@H](Cc1ccccc1)NC(=O)CCC#N. The Kier molecular flexibility index (Phi) is 11.0. The number of benzene rings is 2. The van der Waals surface area contributed by atoms with Gasteiger partial charge in [-0.3, -0.25) is 15.3 Å². The minimum absolute atomic E-state index is 0.00126. The van der Waals surface area contributed by atoms with Crippen molar-refractivity contribution < 1.29 is 23.1 Å². The van der Waals surface area contributed by atoms with E-state index in [0.717, 1.165) is 11.1 Å². The second kappa shape index (κ2) is 13.7. The maximum Gasteiger partial charge on any atom is 0.235 e. The Morgan fingerprint density at radius 2 is 1.89 bits per heavy atom. The van der Waals surface area contributed by atoms with Crippen LogP contribution in [0.25, 0.3) is 0 Å². The van der Waals surface area contributed by atoms with E-state index in [9.17, 15) is 18.3 Å². The van der Waals surface area contributed by atoms with Crippen molar-refractivity contribution in [2.24, 2.45) is 11.7 Å². The first kappa shape index (κ1) is 28.1. The third-order valence-corrected chi connectivity index (χ3v) is 6.49. The Hall–Kier alpha value is -3.13. The molecule has 35 heavy (non-hydrogen) atoms. The number of nitrogens with two attached hydrogens (primary N) is 1. The van der Waals surface area contributed by atoms with Crippen LogP contribution in [-0.2, 0) is 27.7 Å². The molecule has 0 saturated heterocycles. The number of nitrogens with zero attached hydrogens (tertiary/aromatic N) is 1. The normalized spacial score (nSPS) is 13.0. The monoisotopic (exact) mass is 502 g/mol. The summed E-state index contributed by atoms with van der Waals surface area (Å²) < 4.78 is 33.9. The molecule has 0 saturated carbocycles. The molecule has 2 rings (SSSR count). The highest BCUT2D eigenvalue weighted by molar-refractivity contribution is 7.92. The number of anilines is 1. The number of hydrogen-bond donors (Lipinski definition) is 4. The summed E-state index contributed by atoms with van der Waals surface area (Å²) in [7, 11) is -3.98. The number of carbonyl (C=O) groups excluding carboxylic acids is 1. The van der Waals surface area contributed by atoms with Gasteiger partial charge >= 0.3 is 0 Å². The van der Waals surface area contributed by atoms with Gasteiger partial charge in [0.05, 0.1) is 29.7 Å². The van der Waals surface area contributed by atoms with Gasteiger partial charge < -0.3 is 15.2 Å². The molecule has 0 heterocycles. The Balaban J connectivity index is 2.20. The molecule has 9 nitrogen and oxygen atoms in total. The largest absolute Gasteiger partial charge is 0.479 e. The highest BCUT2D eigenvalue weighted by atomic mass is 32.2. The molecule has 0 aliphatic heterocycles. The van der Waals surface area contributed by atoms with Crippen molar-refractivity contribution in [2.75, 3.05) is 17.2 Å². The average Bonchev–Trinajstić information content (AvgIpc) is 2.79. The van der Waals surface area contributed by atoms with E-state index in [1.807, 2.05) is 50.2 Å². The first-order valence-electron chi connectivity index (χ1n) is 11.5. The fraction of sp³-hybridized carbons (Fsp3) is 0.440. The van der Waals surface area contributed by atoms with Crippen LogP contribution in [-0.4, -0.2) is 44.1 Å². The van der Waals surface area contributed by atoms with E-state index < -0.39 is 33.8 Å². The number of sulfonamides is 1. The Morgan fingerprint density at radius 1 is 1.17 bits per heavy atom. The lowest BCUT2D eigenvalue weighted by molar-refractivity contribution is -0.122. The van der Waals surface area contributed by atoms with E-state index in [1.165, 1.54) is 0 Å². The summed E-state index contributed by atoms with van der Waals surface area (Å²) in [4.78, 5) is 12.2. The molecule has 0 aliphatic rings. The second-order valence-electron chi connectivity index (χ2n) is 8.70. The first-order chi connectivity index (χ1) is 16.6. The zero-order chi connectivity index (χ0) is 25.8. The third-order valence-electron chi connectivity index (χ3n) is 5.18. The summed E-state index contributed by atoms with van der Waals surface area (Å²) in [6.45, 7) is 4.03. The Bertz CT molecular complexity index is 1100. The summed E-state index contributed by atoms with van der Waals surface area (Å²) in [6.07, 6.45) is -0.544. The number of carbonyl (C=O) groups is 1. The van der Waals surface area contributed by atoms with Crippen LogP contribution in [0.5, 0.6) is 5.75 Å². The van der Waals surface area contributed by atoms with E-state index in [-0.39, 0.29) is 31.9 Å². The molecule has 0 unspecified atom stereocenters. The van der Waals surface area contributed by atoms with Crippen LogP contribution in [0.15, 0.2) is 48.5 Å². The zero-order valence-corrected chi connectivity index (χ0v) is 20.9. The molecule has 2 atom stereocenters. The van der Waals surface area contributed by atoms with Crippen molar-refractivity contribution in [1.29, 1.82) is 5.26 Å². The van der Waals surface area contributed by atoms with Gasteiger partial charge in [0.15, 0.2) is 0 Å². The van der Waals surface area contributed by atoms with Crippen LogP contribution in [0.4, 0.5) is 5.69 Å². The van der Waals surface area contributed by atoms with E-state index in [2.05, 4.69) is 10.0 Å². The molecule has 0 fully saturated rings. The molecule has 0 spiro atoms. The van der Waals surface area contributed by atoms with Crippen LogP contribution < -0.4 is 20.5 Å².